The molecule has 0 aliphatic carbocycles. The minimum atomic E-state index is -3.94. The minimum absolute atomic E-state index is 0.0459. The normalized spacial score (nSPS) is 11.7. The number of ether oxygens (including phenoxy) is 2. The third kappa shape index (κ3) is 7.64. The number of amides is 2. The van der Waals surface area contributed by atoms with Crippen LogP contribution in [0.15, 0.2) is 108 Å². The Hall–Kier alpha value is -4.90. The molecule has 0 aliphatic rings. The van der Waals surface area contributed by atoms with E-state index < -0.39 is 34.4 Å². The fraction of sp³-hybridized carbons (Fsp3) is 0.161. The number of likely N-dealkylation sites (N-methyl/N-ethyl adjacent to an activating group) is 1. The second-order valence-corrected chi connectivity index (χ2v) is 10.9. The lowest BCUT2D eigenvalue weighted by atomic mass is 10.0. The number of rotatable bonds is 12. The van der Waals surface area contributed by atoms with Gasteiger partial charge >= 0.3 is 0 Å². The Balaban J connectivity index is 1.52. The fourth-order valence-corrected chi connectivity index (χ4v) is 5.23. The standard InChI is InChI=1S/C31H30FN3O6S/c1-33-31(37)30(23-6-4-3-5-7-23)35(20-22-8-14-26(40-2)15-9-22)29(36)21-41-27-16-18-28(19-17-27)42(38,39)34-25-12-10-24(32)11-13-25/h3-19,30,34H,20-21H2,1-2H3,(H,33,37)/t30-/m0/s1. The zero-order valence-corrected chi connectivity index (χ0v) is 23.8. The number of carbonyl (C=O) groups is 2. The Morgan fingerprint density at radius 1 is 0.857 bits per heavy atom. The van der Waals surface area contributed by atoms with Crippen molar-refractivity contribution in [3.8, 4) is 11.5 Å². The van der Waals surface area contributed by atoms with E-state index in [9.17, 15) is 22.4 Å². The van der Waals surface area contributed by atoms with E-state index in [0.717, 1.165) is 17.7 Å². The Bertz CT molecular complexity index is 1600. The van der Waals surface area contributed by atoms with Gasteiger partial charge in [-0.1, -0.05) is 42.5 Å². The second-order valence-electron chi connectivity index (χ2n) is 9.17. The minimum Gasteiger partial charge on any atom is -0.497 e. The van der Waals surface area contributed by atoms with Crippen molar-refractivity contribution in [3.05, 3.63) is 120 Å². The van der Waals surface area contributed by atoms with E-state index in [4.69, 9.17) is 9.47 Å². The Kier molecular flexibility index (Phi) is 9.77. The molecule has 4 aromatic carbocycles. The van der Waals surface area contributed by atoms with E-state index in [-0.39, 0.29) is 28.8 Å². The largest absolute Gasteiger partial charge is 0.497 e. The van der Waals surface area contributed by atoms with Crippen LogP contribution in [0, 0.1) is 5.82 Å². The van der Waals surface area contributed by atoms with Crippen LogP contribution in [0.2, 0.25) is 0 Å². The lowest BCUT2D eigenvalue weighted by Crippen LogP contribution is -2.44. The van der Waals surface area contributed by atoms with Crippen molar-refractivity contribution >= 4 is 27.5 Å². The molecular weight excluding hydrogens is 561 g/mol. The van der Waals surface area contributed by atoms with Crippen molar-refractivity contribution in [1.82, 2.24) is 10.2 Å². The fourth-order valence-electron chi connectivity index (χ4n) is 4.17. The number of nitrogens with zero attached hydrogens (tertiary/aromatic N) is 1. The first-order valence-electron chi connectivity index (χ1n) is 12.9. The van der Waals surface area contributed by atoms with Crippen LogP contribution in [0.25, 0.3) is 0 Å². The molecule has 11 heteroatoms. The summed E-state index contributed by atoms with van der Waals surface area (Å²) in [4.78, 5) is 28.0. The lowest BCUT2D eigenvalue weighted by molar-refractivity contribution is -0.143. The van der Waals surface area contributed by atoms with Gasteiger partial charge in [0.15, 0.2) is 6.61 Å². The zero-order valence-electron chi connectivity index (χ0n) is 23.0. The third-order valence-corrected chi connectivity index (χ3v) is 7.74. The molecule has 9 nitrogen and oxygen atoms in total. The summed E-state index contributed by atoms with van der Waals surface area (Å²) in [5, 5.41) is 2.64. The summed E-state index contributed by atoms with van der Waals surface area (Å²) in [5.41, 5.74) is 1.61. The van der Waals surface area contributed by atoms with Gasteiger partial charge in [-0.25, -0.2) is 12.8 Å². The highest BCUT2D eigenvalue weighted by Crippen LogP contribution is 2.25. The maximum Gasteiger partial charge on any atom is 0.261 e. The molecule has 0 saturated carbocycles. The van der Waals surface area contributed by atoms with Crippen LogP contribution in [-0.2, 0) is 26.2 Å². The van der Waals surface area contributed by atoms with Gasteiger partial charge in [-0.15, -0.1) is 0 Å². The molecule has 0 radical (unpaired) electrons. The number of hydrogen-bond acceptors (Lipinski definition) is 6. The van der Waals surface area contributed by atoms with Crippen LogP contribution in [0.3, 0.4) is 0 Å². The summed E-state index contributed by atoms with van der Waals surface area (Å²) >= 11 is 0. The van der Waals surface area contributed by atoms with E-state index in [1.165, 1.54) is 48.3 Å². The third-order valence-electron chi connectivity index (χ3n) is 6.35. The second kappa shape index (κ2) is 13.6. The molecule has 0 aromatic heterocycles. The van der Waals surface area contributed by atoms with Crippen LogP contribution in [-0.4, -0.2) is 45.9 Å². The molecule has 2 N–H and O–H groups in total. The molecule has 0 fully saturated rings. The molecule has 218 valence electrons. The Morgan fingerprint density at radius 3 is 2.07 bits per heavy atom. The van der Waals surface area contributed by atoms with E-state index in [0.29, 0.717) is 11.3 Å². The first-order chi connectivity index (χ1) is 20.2. The van der Waals surface area contributed by atoms with Gasteiger partial charge in [0, 0.05) is 19.3 Å². The molecular formula is C31H30FN3O6S. The molecule has 0 saturated heterocycles. The van der Waals surface area contributed by atoms with Gasteiger partial charge in [0.1, 0.15) is 23.4 Å². The maximum atomic E-state index is 13.6. The Morgan fingerprint density at radius 2 is 1.48 bits per heavy atom. The number of hydrogen-bond donors (Lipinski definition) is 2. The van der Waals surface area contributed by atoms with Crippen molar-refractivity contribution in [1.29, 1.82) is 0 Å². The molecule has 2 amide bonds. The SMILES string of the molecule is CNC(=O)[C@H](c1ccccc1)N(Cc1ccc(OC)cc1)C(=O)COc1ccc(S(=O)(=O)Nc2ccc(F)cc2)cc1. The van der Waals surface area contributed by atoms with Crippen LogP contribution < -0.4 is 19.5 Å². The van der Waals surface area contributed by atoms with Gasteiger partial charge in [0.05, 0.1) is 12.0 Å². The number of sulfonamides is 1. The van der Waals surface area contributed by atoms with E-state index in [2.05, 4.69) is 10.0 Å². The van der Waals surface area contributed by atoms with Gasteiger partial charge in [-0.3, -0.25) is 14.3 Å². The van der Waals surface area contributed by atoms with Gasteiger partial charge < -0.3 is 19.7 Å². The maximum absolute atomic E-state index is 13.6. The predicted molar refractivity (Wildman–Crippen MR) is 156 cm³/mol. The Labute approximate surface area is 243 Å². The van der Waals surface area contributed by atoms with Crippen LogP contribution >= 0.6 is 0 Å². The van der Waals surface area contributed by atoms with Crippen molar-refractivity contribution in [3.63, 3.8) is 0 Å². The highest BCUT2D eigenvalue weighted by molar-refractivity contribution is 7.92. The summed E-state index contributed by atoms with van der Waals surface area (Å²) in [6.45, 7) is -0.290. The molecule has 0 bridgehead atoms. The number of methoxy groups -OCH3 is 1. The summed E-state index contributed by atoms with van der Waals surface area (Å²) < 4.78 is 51.9. The van der Waals surface area contributed by atoms with Gasteiger partial charge in [0.2, 0.25) is 5.91 Å². The predicted octanol–water partition coefficient (Wildman–Crippen LogP) is 4.53. The monoisotopic (exact) mass is 591 g/mol. The average molecular weight is 592 g/mol. The van der Waals surface area contributed by atoms with Crippen molar-refractivity contribution in [2.24, 2.45) is 0 Å². The number of carbonyl (C=O) groups excluding carboxylic acids is 2. The molecule has 0 aliphatic heterocycles. The smallest absolute Gasteiger partial charge is 0.261 e. The first-order valence-corrected chi connectivity index (χ1v) is 14.4. The number of benzene rings is 4. The van der Waals surface area contributed by atoms with Crippen molar-refractivity contribution < 1.29 is 31.9 Å². The molecule has 4 rings (SSSR count). The van der Waals surface area contributed by atoms with E-state index in [1.54, 1.807) is 43.5 Å². The summed E-state index contributed by atoms with van der Waals surface area (Å²) in [6.07, 6.45) is 0. The molecule has 4 aromatic rings. The van der Waals surface area contributed by atoms with Gasteiger partial charge in [-0.2, -0.15) is 0 Å². The first kappa shape index (κ1) is 30.1. The molecule has 0 spiro atoms. The molecule has 0 heterocycles. The quantitative estimate of drug-likeness (QED) is 0.250. The molecule has 42 heavy (non-hydrogen) atoms. The number of halogens is 1. The highest BCUT2D eigenvalue weighted by Gasteiger charge is 2.31. The topological polar surface area (TPSA) is 114 Å². The molecule has 1 atom stereocenters. The highest BCUT2D eigenvalue weighted by atomic mass is 32.2. The van der Waals surface area contributed by atoms with E-state index >= 15 is 0 Å². The van der Waals surface area contributed by atoms with Crippen LogP contribution in [0.1, 0.15) is 17.2 Å². The van der Waals surface area contributed by atoms with Crippen molar-refractivity contribution in [2.75, 3.05) is 25.5 Å². The zero-order chi connectivity index (χ0) is 30.1. The summed E-state index contributed by atoms with van der Waals surface area (Å²) in [7, 11) is -0.874. The lowest BCUT2D eigenvalue weighted by Gasteiger charge is -2.31. The van der Waals surface area contributed by atoms with Crippen LogP contribution in [0.4, 0.5) is 10.1 Å². The number of anilines is 1. The number of nitrogens with one attached hydrogen (secondary N) is 2. The van der Waals surface area contributed by atoms with Crippen LogP contribution in [0.5, 0.6) is 11.5 Å². The average Bonchev–Trinajstić information content (AvgIpc) is 3.01. The summed E-state index contributed by atoms with van der Waals surface area (Å²) in [6, 6.07) is 25.6. The molecule has 0 unspecified atom stereocenters. The summed E-state index contributed by atoms with van der Waals surface area (Å²) in [5.74, 6) is -0.403. The van der Waals surface area contributed by atoms with Gasteiger partial charge in [0.25, 0.3) is 15.9 Å². The van der Waals surface area contributed by atoms with E-state index in [1.807, 2.05) is 18.2 Å². The van der Waals surface area contributed by atoms with Gasteiger partial charge in [-0.05, 0) is 71.8 Å². The van der Waals surface area contributed by atoms with Crippen molar-refractivity contribution in [2.45, 2.75) is 17.5 Å².